The van der Waals surface area contributed by atoms with Crippen LogP contribution >= 0.6 is 0 Å². The molecule has 0 radical (unpaired) electrons. The standard InChI is InChI=1S/C30H35NO7/c1-15-13-29-16(2)11-20-23(28(20,3)4)19(25(29)35)12-17(14-32)24(34)30(29,37)26(15)38-27(36)31-10-9-22(33)18-7-5-6-8-21(18)31/h5-8,12-13,16,19-20,23-24,26,32,34,37H,9-11,14H2,1-4H3/t16-,19+,20-,23+,24-,26+,29+,30+/m1/s1. The number of ketones is 2. The minimum atomic E-state index is -2.20. The SMILES string of the molecule is CC1=C[C@]23C(=O)[C@@H](C=C(CO)[C@@H](O)[C@]2(O)[C@H]1OC(=O)N1CCC(=O)c2ccccc21)[C@H]1[C@@H](C[C@H]3C)C1(C)C. The third-order valence-electron chi connectivity index (χ3n) is 10.4. The van der Waals surface area contributed by atoms with Gasteiger partial charge >= 0.3 is 6.09 Å². The number of rotatable bonds is 2. The highest BCUT2D eigenvalue weighted by molar-refractivity contribution is 6.07. The Hall–Kier alpha value is -2.81. The first kappa shape index (κ1) is 25.5. The molecule has 4 aliphatic carbocycles. The van der Waals surface area contributed by atoms with Gasteiger partial charge in [-0.2, -0.15) is 0 Å². The van der Waals surface area contributed by atoms with E-state index in [2.05, 4.69) is 13.8 Å². The van der Waals surface area contributed by atoms with Crippen molar-refractivity contribution in [1.29, 1.82) is 0 Å². The van der Waals surface area contributed by atoms with Gasteiger partial charge in [0.25, 0.3) is 0 Å². The number of Topliss-reactive ketones (excluding diaryl/α,β-unsaturated/α-hetero) is 2. The van der Waals surface area contributed by atoms with E-state index in [0.29, 0.717) is 23.2 Å². The van der Waals surface area contributed by atoms with Crippen LogP contribution in [0.25, 0.3) is 0 Å². The molecule has 8 nitrogen and oxygen atoms in total. The summed E-state index contributed by atoms with van der Waals surface area (Å²) >= 11 is 0. The number of amides is 1. The van der Waals surface area contributed by atoms with E-state index < -0.39 is 41.8 Å². The Morgan fingerprint density at radius 2 is 1.92 bits per heavy atom. The molecule has 8 atom stereocenters. The molecule has 2 saturated carbocycles. The number of allylic oxidation sites excluding steroid dienone is 1. The normalized spacial score (nSPS) is 40.7. The van der Waals surface area contributed by atoms with Crippen molar-refractivity contribution >= 4 is 23.3 Å². The van der Waals surface area contributed by atoms with Gasteiger partial charge in [-0.1, -0.05) is 45.1 Å². The molecule has 8 heteroatoms. The van der Waals surface area contributed by atoms with Gasteiger partial charge in [0.1, 0.15) is 6.10 Å². The minimum Gasteiger partial charge on any atom is -0.438 e. The molecule has 0 saturated heterocycles. The molecule has 202 valence electrons. The Labute approximate surface area is 222 Å². The highest BCUT2D eigenvalue weighted by atomic mass is 16.6. The number of aliphatic hydroxyl groups excluding tert-OH is 2. The number of hydrogen-bond donors (Lipinski definition) is 3. The van der Waals surface area contributed by atoms with E-state index >= 15 is 0 Å². The quantitative estimate of drug-likeness (QED) is 0.511. The Bertz CT molecular complexity index is 1310. The molecule has 2 fully saturated rings. The molecule has 5 aliphatic rings. The summed E-state index contributed by atoms with van der Waals surface area (Å²) in [4.78, 5) is 41.8. The zero-order valence-corrected chi connectivity index (χ0v) is 22.2. The van der Waals surface area contributed by atoms with Gasteiger partial charge in [0, 0.05) is 24.4 Å². The molecule has 2 bridgehead atoms. The molecular weight excluding hydrogens is 486 g/mol. The molecule has 1 aromatic rings. The summed E-state index contributed by atoms with van der Waals surface area (Å²) in [6.45, 7) is 7.49. The monoisotopic (exact) mass is 521 g/mol. The molecule has 0 unspecified atom stereocenters. The van der Waals surface area contributed by atoms with Crippen LogP contribution in [0.3, 0.4) is 0 Å². The summed E-state index contributed by atoms with van der Waals surface area (Å²) < 4.78 is 5.99. The predicted octanol–water partition coefficient (Wildman–Crippen LogP) is 3.05. The largest absolute Gasteiger partial charge is 0.438 e. The summed E-state index contributed by atoms with van der Waals surface area (Å²) in [5.41, 5.74) is -2.26. The van der Waals surface area contributed by atoms with E-state index in [9.17, 15) is 29.7 Å². The highest BCUT2D eigenvalue weighted by Gasteiger charge is 2.76. The molecule has 6 rings (SSSR count). The van der Waals surface area contributed by atoms with Crippen molar-refractivity contribution in [2.75, 3.05) is 18.1 Å². The van der Waals surface area contributed by atoms with E-state index in [-0.39, 0.29) is 53.3 Å². The van der Waals surface area contributed by atoms with Crippen LogP contribution in [-0.4, -0.2) is 63.9 Å². The first-order chi connectivity index (χ1) is 17.9. The Kier molecular flexibility index (Phi) is 5.43. The topological polar surface area (TPSA) is 124 Å². The van der Waals surface area contributed by atoms with E-state index in [1.165, 1.54) is 4.90 Å². The third kappa shape index (κ3) is 2.99. The van der Waals surface area contributed by atoms with Gasteiger partial charge in [-0.05, 0) is 59.8 Å². The number of aliphatic hydroxyl groups is 3. The first-order valence-corrected chi connectivity index (χ1v) is 13.5. The van der Waals surface area contributed by atoms with Crippen molar-refractivity contribution in [3.05, 3.63) is 53.1 Å². The number of hydrogen-bond acceptors (Lipinski definition) is 7. The fraction of sp³-hybridized carbons (Fsp3) is 0.567. The van der Waals surface area contributed by atoms with Crippen LogP contribution in [0.2, 0.25) is 0 Å². The van der Waals surface area contributed by atoms with Gasteiger partial charge in [0.2, 0.25) is 0 Å². The van der Waals surface area contributed by atoms with Crippen molar-refractivity contribution in [2.24, 2.45) is 34.5 Å². The van der Waals surface area contributed by atoms with Crippen molar-refractivity contribution in [1.82, 2.24) is 0 Å². The van der Waals surface area contributed by atoms with Crippen molar-refractivity contribution in [3.63, 3.8) is 0 Å². The van der Waals surface area contributed by atoms with Crippen LogP contribution in [0, 0.1) is 34.5 Å². The smallest absolute Gasteiger partial charge is 0.415 e. The molecule has 1 aromatic carbocycles. The van der Waals surface area contributed by atoms with E-state index in [1.807, 2.05) is 6.92 Å². The Balaban J connectivity index is 1.43. The van der Waals surface area contributed by atoms with Gasteiger partial charge in [-0.15, -0.1) is 0 Å². The number of carbonyl (C=O) groups is 3. The second-order valence-corrected chi connectivity index (χ2v) is 12.5. The molecule has 1 spiro atoms. The van der Waals surface area contributed by atoms with Crippen LogP contribution < -0.4 is 4.90 Å². The lowest BCUT2D eigenvalue weighted by molar-refractivity contribution is -0.189. The average molecular weight is 522 g/mol. The summed E-state index contributed by atoms with van der Waals surface area (Å²) in [5, 5.41) is 34.5. The predicted molar refractivity (Wildman–Crippen MR) is 138 cm³/mol. The number of fused-ring (bicyclic) bond motifs is 4. The van der Waals surface area contributed by atoms with Crippen molar-refractivity contribution in [2.45, 2.75) is 58.3 Å². The number of ether oxygens (including phenoxy) is 1. The third-order valence-corrected chi connectivity index (χ3v) is 10.4. The lowest BCUT2D eigenvalue weighted by atomic mass is 9.59. The minimum absolute atomic E-state index is 0.0469. The van der Waals surface area contributed by atoms with Crippen LogP contribution in [-0.2, 0) is 9.53 Å². The maximum atomic E-state index is 14.4. The first-order valence-electron chi connectivity index (χ1n) is 13.5. The number of para-hydroxylation sites is 1. The summed E-state index contributed by atoms with van der Waals surface area (Å²) in [7, 11) is 0. The number of nitrogens with zero attached hydrogens (tertiary/aromatic N) is 1. The number of anilines is 1. The molecule has 3 N–H and O–H groups in total. The van der Waals surface area contributed by atoms with Crippen molar-refractivity contribution < 1.29 is 34.4 Å². The molecule has 1 aliphatic heterocycles. The fourth-order valence-electron chi connectivity index (χ4n) is 8.36. The zero-order valence-electron chi connectivity index (χ0n) is 22.2. The highest BCUT2D eigenvalue weighted by Crippen LogP contribution is 2.71. The molecule has 38 heavy (non-hydrogen) atoms. The zero-order chi connectivity index (χ0) is 27.4. The van der Waals surface area contributed by atoms with Crippen LogP contribution in [0.15, 0.2) is 47.6 Å². The molecule has 1 heterocycles. The molecule has 1 amide bonds. The second-order valence-electron chi connectivity index (χ2n) is 12.5. The Morgan fingerprint density at radius 1 is 1.21 bits per heavy atom. The van der Waals surface area contributed by atoms with Crippen LogP contribution in [0.4, 0.5) is 10.5 Å². The maximum Gasteiger partial charge on any atom is 0.415 e. The lowest BCUT2D eigenvalue weighted by Crippen LogP contribution is -2.66. The van der Waals surface area contributed by atoms with Gasteiger partial charge in [0.15, 0.2) is 23.3 Å². The lowest BCUT2D eigenvalue weighted by Gasteiger charge is -2.49. The number of benzene rings is 1. The van der Waals surface area contributed by atoms with Gasteiger partial charge in [-0.25, -0.2) is 4.79 Å². The molecular formula is C30H35NO7. The van der Waals surface area contributed by atoms with Gasteiger partial charge in [0.05, 0.1) is 17.7 Å². The van der Waals surface area contributed by atoms with Crippen molar-refractivity contribution in [3.8, 4) is 0 Å². The summed E-state index contributed by atoms with van der Waals surface area (Å²) in [6, 6.07) is 6.79. The van der Waals surface area contributed by atoms with E-state index in [1.54, 1.807) is 43.3 Å². The van der Waals surface area contributed by atoms with Crippen LogP contribution in [0.5, 0.6) is 0 Å². The maximum absolute atomic E-state index is 14.4. The summed E-state index contributed by atoms with van der Waals surface area (Å²) in [5.74, 6) is -0.858. The molecule has 0 aromatic heterocycles. The van der Waals surface area contributed by atoms with Crippen LogP contribution in [0.1, 0.15) is 50.9 Å². The summed E-state index contributed by atoms with van der Waals surface area (Å²) in [6.07, 6.45) is 0.478. The van der Waals surface area contributed by atoms with Gasteiger partial charge in [-0.3, -0.25) is 14.5 Å². The number of carbonyl (C=O) groups excluding carboxylic acids is 3. The fourth-order valence-corrected chi connectivity index (χ4v) is 8.36. The average Bonchev–Trinajstić information content (AvgIpc) is 3.38. The van der Waals surface area contributed by atoms with E-state index in [4.69, 9.17) is 4.74 Å². The Morgan fingerprint density at radius 3 is 2.63 bits per heavy atom. The van der Waals surface area contributed by atoms with E-state index in [0.717, 1.165) is 0 Å². The van der Waals surface area contributed by atoms with Gasteiger partial charge < -0.3 is 20.1 Å². The second kappa shape index (κ2) is 8.10.